The van der Waals surface area contributed by atoms with Gasteiger partial charge < -0.3 is 0 Å². The number of hydrogen-bond acceptors (Lipinski definition) is 0. The highest BCUT2D eigenvalue weighted by Crippen LogP contribution is 1.92. The molecule has 0 fully saturated rings. The van der Waals surface area contributed by atoms with Crippen molar-refractivity contribution in [1.82, 2.24) is 0 Å². The van der Waals surface area contributed by atoms with E-state index in [-0.39, 0.29) is 0 Å². The van der Waals surface area contributed by atoms with Crippen LogP contribution in [0.4, 0.5) is 4.39 Å². The molecule has 0 rings (SSSR count). The van der Waals surface area contributed by atoms with Crippen LogP contribution in [0.5, 0.6) is 0 Å². The van der Waals surface area contributed by atoms with Crippen molar-refractivity contribution >= 4 is 12.6 Å². The Labute approximate surface area is 36.1 Å². The Bertz CT molecular complexity index is 33.9. The van der Waals surface area contributed by atoms with E-state index >= 15 is 0 Å². The van der Waals surface area contributed by atoms with Crippen LogP contribution in [0.2, 0.25) is 0 Å². The molecular weight excluding hydrogens is 87.1 g/mol. The summed E-state index contributed by atoms with van der Waals surface area (Å²) < 4.78 is 11.1. The van der Waals surface area contributed by atoms with Crippen LogP contribution in [0.1, 0.15) is 0 Å². The fourth-order valence-electron chi connectivity index (χ4n) is 0. The molecule has 0 aliphatic heterocycles. The highest BCUT2D eigenvalue weighted by molar-refractivity contribution is 7.80. The van der Waals surface area contributed by atoms with Gasteiger partial charge in [0.15, 0.2) is 5.50 Å². The summed E-state index contributed by atoms with van der Waals surface area (Å²) in [6.45, 7) is 3.08. The van der Waals surface area contributed by atoms with Gasteiger partial charge in [-0.1, -0.05) is 6.58 Å². The SMILES string of the molecule is C=CC(F)[S]. The van der Waals surface area contributed by atoms with E-state index in [0.717, 1.165) is 6.08 Å². The Balaban J connectivity index is 2.83. The molecule has 0 saturated heterocycles. The molecule has 0 aromatic carbocycles. The molecule has 0 aliphatic carbocycles. The molecule has 0 aromatic heterocycles. The van der Waals surface area contributed by atoms with Crippen LogP contribution in [0, 0.1) is 0 Å². The first-order valence-electron chi connectivity index (χ1n) is 1.20. The van der Waals surface area contributed by atoms with Crippen LogP contribution in [-0.4, -0.2) is 5.50 Å². The van der Waals surface area contributed by atoms with Crippen LogP contribution in [0.25, 0.3) is 0 Å². The summed E-state index contributed by atoms with van der Waals surface area (Å²) in [5.41, 5.74) is -1.27. The van der Waals surface area contributed by atoms with Gasteiger partial charge in [0.2, 0.25) is 0 Å². The third-order valence-corrected chi connectivity index (χ3v) is 0.378. The molecule has 0 N–H and O–H groups in total. The van der Waals surface area contributed by atoms with Crippen molar-refractivity contribution in [1.29, 1.82) is 0 Å². The van der Waals surface area contributed by atoms with Crippen molar-refractivity contribution < 1.29 is 4.39 Å². The first-order chi connectivity index (χ1) is 2.27. The van der Waals surface area contributed by atoms with Gasteiger partial charge in [0.1, 0.15) is 0 Å². The largest absolute Gasteiger partial charge is 0.230 e. The smallest absolute Gasteiger partial charge is 0.173 e. The summed E-state index contributed by atoms with van der Waals surface area (Å²) in [7, 11) is 0. The minimum Gasteiger partial charge on any atom is -0.230 e. The minimum atomic E-state index is -1.27. The zero-order chi connectivity index (χ0) is 4.28. The third-order valence-electron chi connectivity index (χ3n) is 0.185. The lowest BCUT2D eigenvalue weighted by Crippen LogP contribution is -1.72. The highest BCUT2D eigenvalue weighted by Gasteiger charge is 1.82. The minimum absolute atomic E-state index is 1.06. The maximum atomic E-state index is 11.1. The Morgan fingerprint density at radius 2 is 2.20 bits per heavy atom. The molecular formula is C3H4FS. The molecule has 0 nitrogen and oxygen atoms in total. The van der Waals surface area contributed by atoms with E-state index in [4.69, 9.17) is 0 Å². The van der Waals surface area contributed by atoms with E-state index < -0.39 is 5.50 Å². The third kappa shape index (κ3) is 4.02. The number of hydrogen-bond donors (Lipinski definition) is 0. The van der Waals surface area contributed by atoms with Gasteiger partial charge in [-0.05, 0) is 18.7 Å². The van der Waals surface area contributed by atoms with Crippen molar-refractivity contribution in [3.63, 3.8) is 0 Å². The van der Waals surface area contributed by atoms with Gasteiger partial charge >= 0.3 is 0 Å². The summed E-state index contributed by atoms with van der Waals surface area (Å²) >= 11 is 4.00. The van der Waals surface area contributed by atoms with Gasteiger partial charge in [-0.3, -0.25) is 0 Å². The lowest BCUT2D eigenvalue weighted by Gasteiger charge is -1.76. The predicted octanol–water partition coefficient (Wildman–Crippen LogP) is 1.67. The second-order valence-corrected chi connectivity index (χ2v) is 1.04. The Hall–Kier alpha value is 0.0200. The zero-order valence-corrected chi connectivity index (χ0v) is 3.46. The van der Waals surface area contributed by atoms with Gasteiger partial charge in [-0.2, -0.15) is 0 Å². The van der Waals surface area contributed by atoms with Gasteiger partial charge in [-0.25, -0.2) is 4.39 Å². The standard InChI is InChI=1S/C3H4FS/c1-2-3(4)5/h2-3H,1H2. The fourth-order valence-corrected chi connectivity index (χ4v) is 0. The van der Waals surface area contributed by atoms with Gasteiger partial charge in [-0.15, -0.1) is 0 Å². The van der Waals surface area contributed by atoms with E-state index in [1.807, 2.05) is 0 Å². The topological polar surface area (TPSA) is 0 Å². The second-order valence-electron chi connectivity index (χ2n) is 0.587. The maximum absolute atomic E-state index is 11.1. The molecule has 0 amide bonds. The molecule has 0 spiro atoms. The van der Waals surface area contributed by atoms with Crippen LogP contribution in [-0.2, 0) is 0 Å². The number of alkyl halides is 1. The van der Waals surface area contributed by atoms with Gasteiger partial charge in [0, 0.05) is 0 Å². The Kier molecular flexibility index (Phi) is 2.28. The summed E-state index contributed by atoms with van der Waals surface area (Å²) in [4.78, 5) is 0. The van der Waals surface area contributed by atoms with Gasteiger partial charge in [0.05, 0.1) is 0 Å². The van der Waals surface area contributed by atoms with E-state index in [1.54, 1.807) is 0 Å². The van der Waals surface area contributed by atoms with Crippen LogP contribution in [0.3, 0.4) is 0 Å². The molecule has 1 atom stereocenters. The molecule has 2 heteroatoms. The van der Waals surface area contributed by atoms with E-state index in [1.165, 1.54) is 0 Å². The zero-order valence-electron chi connectivity index (χ0n) is 2.65. The fraction of sp³-hybridized carbons (Fsp3) is 0.333. The summed E-state index contributed by atoms with van der Waals surface area (Å²) in [6, 6.07) is 0. The average Bonchev–Trinajstić information content (AvgIpc) is 1.38. The van der Waals surface area contributed by atoms with Crippen molar-refractivity contribution in [2.75, 3.05) is 0 Å². The second kappa shape index (κ2) is 2.27. The van der Waals surface area contributed by atoms with E-state index in [2.05, 4.69) is 19.2 Å². The molecule has 0 saturated carbocycles. The molecule has 0 bridgehead atoms. The quantitative estimate of drug-likeness (QED) is 0.430. The lowest BCUT2D eigenvalue weighted by atomic mass is 10.7. The molecule has 0 aliphatic rings. The molecule has 1 radical (unpaired) electrons. The van der Waals surface area contributed by atoms with Crippen molar-refractivity contribution in [3.8, 4) is 0 Å². The van der Waals surface area contributed by atoms with E-state index in [0.29, 0.717) is 0 Å². The Morgan fingerprint density at radius 3 is 2.20 bits per heavy atom. The Morgan fingerprint density at radius 1 is 2.00 bits per heavy atom. The highest BCUT2D eigenvalue weighted by atomic mass is 32.1. The first-order valence-corrected chi connectivity index (χ1v) is 1.67. The molecule has 29 valence electrons. The summed E-state index contributed by atoms with van der Waals surface area (Å²) in [5.74, 6) is 0. The van der Waals surface area contributed by atoms with Crippen molar-refractivity contribution in [2.24, 2.45) is 0 Å². The monoisotopic (exact) mass is 91.0 g/mol. The molecule has 0 heterocycles. The summed E-state index contributed by atoms with van der Waals surface area (Å²) in [5, 5.41) is 0. The average molecular weight is 91.1 g/mol. The molecule has 5 heavy (non-hydrogen) atoms. The van der Waals surface area contributed by atoms with Crippen molar-refractivity contribution in [3.05, 3.63) is 12.7 Å². The normalized spacial score (nSPS) is 14.0. The number of rotatable bonds is 1. The summed E-state index contributed by atoms with van der Waals surface area (Å²) in [6.07, 6.45) is 1.06. The van der Waals surface area contributed by atoms with Crippen molar-refractivity contribution in [2.45, 2.75) is 5.50 Å². The number of halogens is 1. The molecule has 0 aromatic rings. The van der Waals surface area contributed by atoms with Crippen LogP contribution >= 0.6 is 12.6 Å². The molecule has 1 unspecified atom stereocenters. The lowest BCUT2D eigenvalue weighted by molar-refractivity contribution is 0.524. The van der Waals surface area contributed by atoms with E-state index in [9.17, 15) is 4.39 Å². The first kappa shape index (κ1) is 5.02. The van der Waals surface area contributed by atoms with Gasteiger partial charge in [0.25, 0.3) is 0 Å². The van der Waals surface area contributed by atoms with Crippen LogP contribution < -0.4 is 0 Å². The predicted molar refractivity (Wildman–Crippen MR) is 22.7 cm³/mol. The maximum Gasteiger partial charge on any atom is 0.173 e. The van der Waals surface area contributed by atoms with Crippen LogP contribution in [0.15, 0.2) is 12.7 Å².